The summed E-state index contributed by atoms with van der Waals surface area (Å²) in [5.74, 6) is 1.48. The van der Waals surface area contributed by atoms with Gasteiger partial charge in [0.1, 0.15) is 6.61 Å². The Morgan fingerprint density at radius 2 is 2.00 bits per heavy atom. The van der Waals surface area contributed by atoms with Gasteiger partial charge < -0.3 is 19.9 Å². The van der Waals surface area contributed by atoms with E-state index in [2.05, 4.69) is 12.2 Å². The maximum Gasteiger partial charge on any atom is 0.161 e. The van der Waals surface area contributed by atoms with Crippen LogP contribution in [0.4, 0.5) is 0 Å². The highest BCUT2D eigenvalue weighted by atomic mass is 16.5. The summed E-state index contributed by atoms with van der Waals surface area (Å²) in [6, 6.07) is 5.86. The number of hydrogen-bond donors (Lipinski definition) is 2. The van der Waals surface area contributed by atoms with E-state index in [4.69, 9.17) is 9.47 Å². The molecule has 1 aromatic carbocycles. The van der Waals surface area contributed by atoms with Gasteiger partial charge in [0.2, 0.25) is 0 Å². The number of ether oxygens (including phenoxy) is 2. The smallest absolute Gasteiger partial charge is 0.161 e. The number of methoxy groups -OCH3 is 1. The van der Waals surface area contributed by atoms with Crippen LogP contribution >= 0.6 is 0 Å². The van der Waals surface area contributed by atoms with Gasteiger partial charge in [-0.25, -0.2) is 0 Å². The van der Waals surface area contributed by atoms with E-state index in [1.807, 2.05) is 32.0 Å². The number of hydrogen-bond acceptors (Lipinski definition) is 4. The van der Waals surface area contributed by atoms with Crippen molar-refractivity contribution in [1.29, 1.82) is 0 Å². The van der Waals surface area contributed by atoms with Crippen molar-refractivity contribution >= 4 is 0 Å². The van der Waals surface area contributed by atoms with E-state index in [1.165, 1.54) is 0 Å². The number of nitrogens with one attached hydrogen (secondary N) is 1. The predicted octanol–water partition coefficient (Wildman–Crippen LogP) is 2.59. The first-order valence-corrected chi connectivity index (χ1v) is 7.13. The molecule has 0 aromatic heterocycles. The Balaban J connectivity index is 2.75. The number of benzene rings is 1. The lowest BCUT2D eigenvalue weighted by Gasteiger charge is -2.27. The molecule has 0 fully saturated rings. The summed E-state index contributed by atoms with van der Waals surface area (Å²) in [6.45, 7) is 9.77. The van der Waals surface area contributed by atoms with Crippen LogP contribution in [0.5, 0.6) is 11.5 Å². The van der Waals surface area contributed by atoms with Gasteiger partial charge in [-0.05, 0) is 37.1 Å². The molecule has 0 saturated carbocycles. The molecule has 1 unspecified atom stereocenters. The monoisotopic (exact) mass is 281 g/mol. The lowest BCUT2D eigenvalue weighted by Crippen LogP contribution is -2.37. The summed E-state index contributed by atoms with van der Waals surface area (Å²) < 4.78 is 11.1. The van der Waals surface area contributed by atoms with Gasteiger partial charge in [0.05, 0.1) is 12.7 Å². The van der Waals surface area contributed by atoms with E-state index in [1.54, 1.807) is 14.0 Å². The molecule has 1 aromatic rings. The second-order valence-electron chi connectivity index (χ2n) is 5.57. The minimum Gasteiger partial charge on any atom is -0.493 e. The van der Waals surface area contributed by atoms with Gasteiger partial charge in [-0.2, -0.15) is 0 Å². The van der Waals surface area contributed by atoms with E-state index in [-0.39, 0.29) is 12.5 Å². The van der Waals surface area contributed by atoms with Crippen LogP contribution in [0.25, 0.3) is 0 Å². The highest BCUT2D eigenvalue weighted by Crippen LogP contribution is 2.29. The zero-order chi connectivity index (χ0) is 15.2. The fraction of sp³-hybridized carbons (Fsp3) is 0.625. The summed E-state index contributed by atoms with van der Waals surface area (Å²) in [4.78, 5) is 0. The van der Waals surface area contributed by atoms with E-state index >= 15 is 0 Å². The SMILES string of the molecule is CCNCc1ccc(OCC(C)(O)C(C)C)c(OC)c1. The molecular formula is C16H27NO3. The average Bonchev–Trinajstić information content (AvgIpc) is 2.43. The maximum atomic E-state index is 10.2. The lowest BCUT2D eigenvalue weighted by molar-refractivity contribution is -0.0271. The molecule has 1 rings (SSSR count). The molecule has 4 nitrogen and oxygen atoms in total. The van der Waals surface area contributed by atoms with Gasteiger partial charge in [-0.15, -0.1) is 0 Å². The Kier molecular flexibility index (Phi) is 6.30. The Hall–Kier alpha value is -1.26. The molecule has 4 heteroatoms. The molecule has 0 aliphatic rings. The van der Waals surface area contributed by atoms with Crippen LogP contribution in [-0.2, 0) is 6.54 Å². The van der Waals surface area contributed by atoms with Crippen LogP contribution in [0.15, 0.2) is 18.2 Å². The Bertz CT molecular complexity index is 416. The zero-order valence-corrected chi connectivity index (χ0v) is 13.2. The third-order valence-corrected chi connectivity index (χ3v) is 3.57. The molecule has 0 aliphatic carbocycles. The third-order valence-electron chi connectivity index (χ3n) is 3.57. The molecule has 0 radical (unpaired) electrons. The first kappa shape index (κ1) is 16.8. The molecule has 0 amide bonds. The van der Waals surface area contributed by atoms with Gasteiger partial charge in [0.15, 0.2) is 11.5 Å². The first-order valence-electron chi connectivity index (χ1n) is 7.13. The van der Waals surface area contributed by atoms with E-state index in [0.717, 1.165) is 18.7 Å². The average molecular weight is 281 g/mol. The van der Waals surface area contributed by atoms with Crippen molar-refractivity contribution in [2.45, 2.75) is 39.8 Å². The normalized spacial score (nSPS) is 14.2. The summed E-state index contributed by atoms with van der Waals surface area (Å²) in [7, 11) is 1.62. The fourth-order valence-electron chi connectivity index (χ4n) is 1.60. The van der Waals surface area contributed by atoms with Gasteiger partial charge in [-0.3, -0.25) is 0 Å². The largest absolute Gasteiger partial charge is 0.493 e. The second kappa shape index (κ2) is 7.50. The number of rotatable bonds is 8. The molecule has 20 heavy (non-hydrogen) atoms. The van der Waals surface area contributed by atoms with Crippen LogP contribution in [-0.4, -0.2) is 31.0 Å². The second-order valence-corrected chi connectivity index (χ2v) is 5.57. The van der Waals surface area contributed by atoms with E-state index in [9.17, 15) is 5.11 Å². The molecular weight excluding hydrogens is 254 g/mol. The quantitative estimate of drug-likeness (QED) is 0.769. The molecule has 0 bridgehead atoms. The van der Waals surface area contributed by atoms with Gasteiger partial charge in [0.25, 0.3) is 0 Å². The minimum absolute atomic E-state index is 0.126. The van der Waals surface area contributed by atoms with Crippen LogP contribution in [0, 0.1) is 5.92 Å². The fourth-order valence-corrected chi connectivity index (χ4v) is 1.60. The third kappa shape index (κ3) is 4.69. The predicted molar refractivity (Wildman–Crippen MR) is 81.3 cm³/mol. The first-order chi connectivity index (χ1) is 9.40. The molecule has 114 valence electrons. The maximum absolute atomic E-state index is 10.2. The molecule has 0 heterocycles. The van der Waals surface area contributed by atoms with E-state index < -0.39 is 5.60 Å². The molecule has 2 N–H and O–H groups in total. The van der Waals surface area contributed by atoms with Crippen molar-refractivity contribution in [3.8, 4) is 11.5 Å². The summed E-state index contributed by atoms with van der Waals surface area (Å²) in [5.41, 5.74) is 0.291. The molecule has 0 spiro atoms. The van der Waals surface area contributed by atoms with Crippen molar-refractivity contribution in [1.82, 2.24) is 5.32 Å². The van der Waals surface area contributed by atoms with Gasteiger partial charge in [0, 0.05) is 6.54 Å². The Morgan fingerprint density at radius 3 is 2.55 bits per heavy atom. The van der Waals surface area contributed by atoms with Crippen LogP contribution < -0.4 is 14.8 Å². The topological polar surface area (TPSA) is 50.7 Å². The summed E-state index contributed by atoms with van der Waals surface area (Å²) in [5, 5.41) is 13.5. The molecule has 1 atom stereocenters. The van der Waals surface area contributed by atoms with Crippen LogP contribution in [0.3, 0.4) is 0 Å². The van der Waals surface area contributed by atoms with Crippen molar-refractivity contribution in [2.24, 2.45) is 5.92 Å². The Morgan fingerprint density at radius 1 is 1.30 bits per heavy atom. The lowest BCUT2D eigenvalue weighted by atomic mass is 9.94. The van der Waals surface area contributed by atoms with Gasteiger partial charge in [-0.1, -0.05) is 26.8 Å². The zero-order valence-electron chi connectivity index (χ0n) is 13.2. The molecule has 0 aliphatic heterocycles. The van der Waals surface area contributed by atoms with Crippen molar-refractivity contribution in [3.05, 3.63) is 23.8 Å². The number of aliphatic hydroxyl groups is 1. The standard InChI is InChI=1S/C16H27NO3/c1-6-17-10-13-7-8-14(15(9-13)19-5)20-11-16(4,18)12(2)3/h7-9,12,17-18H,6,10-11H2,1-5H3. The van der Waals surface area contributed by atoms with E-state index in [0.29, 0.717) is 11.5 Å². The Labute approximate surface area is 122 Å². The highest BCUT2D eigenvalue weighted by molar-refractivity contribution is 5.43. The highest BCUT2D eigenvalue weighted by Gasteiger charge is 2.26. The summed E-state index contributed by atoms with van der Waals surface area (Å²) >= 11 is 0. The van der Waals surface area contributed by atoms with Crippen LogP contribution in [0.2, 0.25) is 0 Å². The van der Waals surface area contributed by atoms with Crippen molar-refractivity contribution < 1.29 is 14.6 Å². The summed E-state index contributed by atoms with van der Waals surface area (Å²) in [6.07, 6.45) is 0. The van der Waals surface area contributed by atoms with Gasteiger partial charge >= 0.3 is 0 Å². The molecule has 0 saturated heterocycles. The minimum atomic E-state index is -0.854. The van der Waals surface area contributed by atoms with Crippen molar-refractivity contribution in [2.75, 3.05) is 20.3 Å². The van der Waals surface area contributed by atoms with Crippen molar-refractivity contribution in [3.63, 3.8) is 0 Å². The van der Waals surface area contributed by atoms with Crippen LogP contribution in [0.1, 0.15) is 33.3 Å².